The number of carbonyl (C=O) groups excluding carboxylic acids is 1. The third-order valence-corrected chi connectivity index (χ3v) is 8.70. The summed E-state index contributed by atoms with van der Waals surface area (Å²) < 4.78 is 12.2. The van der Waals surface area contributed by atoms with Gasteiger partial charge in [0.15, 0.2) is 12.1 Å². The number of nitrogens with one attached hydrogen (secondary N) is 1. The molecule has 0 amide bonds. The summed E-state index contributed by atoms with van der Waals surface area (Å²) >= 11 is 0. The van der Waals surface area contributed by atoms with Gasteiger partial charge in [0.05, 0.1) is 12.6 Å². The molecule has 198 valence electrons. The first-order valence-electron chi connectivity index (χ1n) is 13.0. The topological polar surface area (TPSA) is 135 Å². The van der Waals surface area contributed by atoms with Gasteiger partial charge in [-0.05, 0) is 61.8 Å². The molecule has 2 unspecified atom stereocenters. The summed E-state index contributed by atoms with van der Waals surface area (Å²) in [6.07, 6.45) is 0.0923. The summed E-state index contributed by atoms with van der Waals surface area (Å²) in [6.45, 7) is 3.00. The molecule has 4 saturated heterocycles. The first-order valence-corrected chi connectivity index (χ1v) is 13.0. The van der Waals surface area contributed by atoms with E-state index in [-0.39, 0.29) is 29.7 Å². The minimum absolute atomic E-state index is 0.00716. The normalized spacial score (nSPS) is 42.0. The fourth-order valence-corrected chi connectivity index (χ4v) is 7.03. The number of fused-ring (bicyclic) bond motifs is 4. The van der Waals surface area contributed by atoms with E-state index in [1.54, 1.807) is 13.0 Å². The highest BCUT2D eigenvalue weighted by atomic mass is 16.7. The van der Waals surface area contributed by atoms with Crippen LogP contribution in [0.2, 0.25) is 0 Å². The fourth-order valence-electron chi connectivity index (χ4n) is 7.03. The molecule has 0 aliphatic carbocycles. The van der Waals surface area contributed by atoms with Gasteiger partial charge in [0.1, 0.15) is 30.6 Å². The highest BCUT2D eigenvalue weighted by Crippen LogP contribution is 2.57. The number of allylic oxidation sites excluding steroid dienone is 2. The van der Waals surface area contributed by atoms with Gasteiger partial charge in [-0.3, -0.25) is 9.69 Å². The first kappa shape index (κ1) is 24.9. The van der Waals surface area contributed by atoms with E-state index in [2.05, 4.69) is 22.0 Å². The van der Waals surface area contributed by atoms with Crippen LogP contribution < -0.4 is 0 Å². The maximum Gasteiger partial charge on any atom is 0.188 e. The minimum Gasteiger partial charge on any atom is -0.394 e. The standard InChI is InChI=1S/C28H34N2O7/c1-3-14-17-10-21-23-18(15-6-4-5-7-19(15)29-23)11-20(16(17)9-8-13(2)32)30(21)27(14)37-28-26(35)25(34)24(33)22(12-31)36-28/h3-9,16-17,20-22,24-29,31,33-35H,10-12H2,1-2H3/t16-,17?,20+,21+,22-,24-,25+,26-,27-,28+/m1/s1. The number of rotatable bonds is 5. The Labute approximate surface area is 215 Å². The number of carbonyl (C=O) groups is 1. The Hall–Kier alpha value is -2.37. The predicted octanol–water partition coefficient (Wildman–Crippen LogP) is 1.32. The molecule has 5 aliphatic rings. The van der Waals surface area contributed by atoms with Gasteiger partial charge in [0, 0.05) is 22.6 Å². The van der Waals surface area contributed by atoms with E-state index >= 15 is 0 Å². The van der Waals surface area contributed by atoms with E-state index in [0.29, 0.717) is 0 Å². The summed E-state index contributed by atoms with van der Waals surface area (Å²) in [4.78, 5) is 17.8. The molecule has 5 aliphatic heterocycles. The van der Waals surface area contributed by atoms with Crippen molar-refractivity contribution in [3.63, 3.8) is 0 Å². The molecule has 11 atom stereocenters. The number of aliphatic hydroxyl groups excluding tert-OH is 4. The van der Waals surface area contributed by atoms with Crippen molar-refractivity contribution in [2.24, 2.45) is 11.8 Å². The van der Waals surface area contributed by atoms with Gasteiger partial charge in [-0.15, -0.1) is 0 Å². The quantitative estimate of drug-likeness (QED) is 0.300. The molecule has 0 saturated carbocycles. The summed E-state index contributed by atoms with van der Waals surface area (Å²) in [5, 5.41) is 42.1. The Morgan fingerprint density at radius 1 is 1.22 bits per heavy atom. The second kappa shape index (κ2) is 9.43. The molecular formula is C28H34N2O7. The number of aromatic amines is 1. The van der Waals surface area contributed by atoms with Gasteiger partial charge >= 0.3 is 0 Å². The SMILES string of the molecule is CC=C1C2C[C@H]3c4[nH]c5ccccc5c4C[C@@H]([C@@H]2C=CC(C)=O)N3[C@@H]1O[C@@H]1O[C@H](CO)[C@@H](O)[C@H](O)[C@H]1O. The number of H-pyrrole nitrogens is 1. The number of aromatic nitrogens is 1. The van der Waals surface area contributed by atoms with Crippen molar-refractivity contribution in [2.75, 3.05) is 6.61 Å². The van der Waals surface area contributed by atoms with Crippen molar-refractivity contribution in [1.82, 2.24) is 9.88 Å². The van der Waals surface area contributed by atoms with Crippen LogP contribution in [0.15, 0.2) is 48.1 Å². The predicted molar refractivity (Wildman–Crippen MR) is 134 cm³/mol. The van der Waals surface area contributed by atoms with Crippen LogP contribution in [-0.4, -0.2) is 85.7 Å². The van der Waals surface area contributed by atoms with Crippen LogP contribution in [0.3, 0.4) is 0 Å². The lowest BCUT2D eigenvalue weighted by atomic mass is 9.63. The van der Waals surface area contributed by atoms with Crippen LogP contribution in [0, 0.1) is 11.8 Å². The number of aliphatic hydroxyl groups is 4. The molecule has 1 aromatic heterocycles. The van der Waals surface area contributed by atoms with E-state index in [1.165, 1.54) is 10.9 Å². The Bertz CT molecular complexity index is 1250. The van der Waals surface area contributed by atoms with Gasteiger partial charge in [-0.1, -0.05) is 30.4 Å². The Kier molecular flexibility index (Phi) is 6.35. The average Bonchev–Trinajstić information content (AvgIpc) is 3.27. The van der Waals surface area contributed by atoms with Crippen molar-refractivity contribution in [1.29, 1.82) is 0 Å². The molecule has 6 heterocycles. The number of nitrogens with zero attached hydrogens (tertiary/aromatic N) is 1. The van der Waals surface area contributed by atoms with Crippen LogP contribution in [0.25, 0.3) is 10.9 Å². The molecule has 9 nitrogen and oxygen atoms in total. The third-order valence-electron chi connectivity index (χ3n) is 8.70. The summed E-state index contributed by atoms with van der Waals surface area (Å²) in [6, 6.07) is 8.36. The maximum atomic E-state index is 11.9. The number of hydrogen-bond acceptors (Lipinski definition) is 8. The van der Waals surface area contributed by atoms with Crippen molar-refractivity contribution in [2.45, 2.75) is 75.7 Å². The highest BCUT2D eigenvalue weighted by molar-refractivity contribution is 5.87. The minimum atomic E-state index is -1.51. The van der Waals surface area contributed by atoms with Gasteiger partial charge in [0.2, 0.25) is 0 Å². The van der Waals surface area contributed by atoms with Crippen LogP contribution in [-0.2, 0) is 20.7 Å². The van der Waals surface area contributed by atoms with Crippen LogP contribution in [0.1, 0.15) is 37.6 Å². The Morgan fingerprint density at radius 2 is 2.00 bits per heavy atom. The van der Waals surface area contributed by atoms with Crippen molar-refractivity contribution in [3.8, 4) is 0 Å². The lowest BCUT2D eigenvalue weighted by Gasteiger charge is -2.61. The second-order valence-corrected chi connectivity index (χ2v) is 10.7. The molecule has 4 fully saturated rings. The smallest absolute Gasteiger partial charge is 0.188 e. The lowest BCUT2D eigenvalue weighted by Crippen LogP contribution is -2.67. The number of ketones is 1. The number of piperidine rings is 3. The van der Waals surface area contributed by atoms with Gasteiger partial charge in [-0.25, -0.2) is 0 Å². The molecule has 5 N–H and O–H groups in total. The van der Waals surface area contributed by atoms with E-state index in [4.69, 9.17) is 9.47 Å². The van der Waals surface area contributed by atoms with Crippen molar-refractivity contribution < 1.29 is 34.7 Å². The third kappa shape index (κ3) is 3.84. The number of para-hydroxylation sites is 1. The molecule has 1 aromatic carbocycles. The molecule has 9 heteroatoms. The van der Waals surface area contributed by atoms with Gasteiger partial charge in [-0.2, -0.15) is 0 Å². The van der Waals surface area contributed by atoms with E-state index < -0.39 is 43.5 Å². The Balaban J connectivity index is 1.41. The van der Waals surface area contributed by atoms with Crippen LogP contribution in [0.5, 0.6) is 0 Å². The van der Waals surface area contributed by atoms with E-state index in [0.717, 1.165) is 29.6 Å². The van der Waals surface area contributed by atoms with Crippen molar-refractivity contribution >= 4 is 16.7 Å². The monoisotopic (exact) mass is 510 g/mol. The summed E-state index contributed by atoms with van der Waals surface area (Å²) in [7, 11) is 0. The molecule has 0 radical (unpaired) electrons. The van der Waals surface area contributed by atoms with E-state index in [1.807, 2.05) is 31.2 Å². The Morgan fingerprint density at radius 3 is 2.73 bits per heavy atom. The zero-order valence-corrected chi connectivity index (χ0v) is 20.9. The van der Waals surface area contributed by atoms with Gasteiger partial charge in [0.25, 0.3) is 0 Å². The molecule has 7 rings (SSSR count). The molecule has 2 aromatic rings. The molecule has 37 heavy (non-hydrogen) atoms. The zero-order chi connectivity index (χ0) is 26.0. The first-order chi connectivity index (χ1) is 17.8. The van der Waals surface area contributed by atoms with Gasteiger partial charge < -0.3 is 34.9 Å². The van der Waals surface area contributed by atoms with Crippen molar-refractivity contribution in [3.05, 3.63) is 59.3 Å². The molecule has 4 bridgehead atoms. The largest absolute Gasteiger partial charge is 0.394 e. The fraction of sp³-hybridized carbons (Fsp3) is 0.536. The number of benzene rings is 1. The zero-order valence-electron chi connectivity index (χ0n) is 20.9. The molecule has 0 spiro atoms. The summed E-state index contributed by atoms with van der Waals surface area (Å²) in [5.41, 5.74) is 4.57. The number of ether oxygens (including phenoxy) is 2. The maximum absolute atomic E-state index is 11.9. The second-order valence-electron chi connectivity index (χ2n) is 10.7. The van der Waals surface area contributed by atoms with Crippen LogP contribution in [0.4, 0.5) is 0 Å². The van der Waals surface area contributed by atoms with E-state index in [9.17, 15) is 25.2 Å². The van der Waals surface area contributed by atoms with Crippen LogP contribution >= 0.6 is 0 Å². The molecular weight excluding hydrogens is 476 g/mol. The number of hydrogen-bond donors (Lipinski definition) is 5. The average molecular weight is 511 g/mol. The lowest BCUT2D eigenvalue weighted by molar-refractivity contribution is -0.330. The summed E-state index contributed by atoms with van der Waals surface area (Å²) in [5.74, 6) is 0.214. The highest BCUT2D eigenvalue weighted by Gasteiger charge is 2.58.